The van der Waals surface area contributed by atoms with Gasteiger partial charge in [-0.2, -0.15) is 0 Å². The molecule has 2 unspecified atom stereocenters. The first kappa shape index (κ1) is 14.8. The molecule has 2 atom stereocenters. The van der Waals surface area contributed by atoms with Crippen molar-refractivity contribution >= 4 is 12.0 Å². The summed E-state index contributed by atoms with van der Waals surface area (Å²) in [6, 6.07) is -1.01. The number of nitrogens with zero attached hydrogens (tertiary/aromatic N) is 1. The van der Waals surface area contributed by atoms with Gasteiger partial charge in [0.15, 0.2) is 0 Å². The number of hydrogen-bond donors (Lipinski definition) is 2. The highest BCUT2D eigenvalue weighted by Gasteiger charge is 2.35. The molecule has 0 aliphatic carbocycles. The number of urea groups is 1. The van der Waals surface area contributed by atoms with Crippen molar-refractivity contribution in [1.29, 1.82) is 0 Å². The first-order valence-corrected chi connectivity index (χ1v) is 6.36. The summed E-state index contributed by atoms with van der Waals surface area (Å²) < 4.78 is 4.84. The van der Waals surface area contributed by atoms with Gasteiger partial charge in [0.05, 0.1) is 6.61 Å². The predicted octanol–water partition coefficient (Wildman–Crippen LogP) is 0.918. The van der Waals surface area contributed by atoms with Crippen LogP contribution in [0.5, 0.6) is 0 Å². The standard InChI is InChI=1S/C12H22N2O4/c1-3-9-4-6-14(10(8-9)11(15)16)12(17)13-5-7-18-2/h9-10H,3-8H2,1-2H3,(H,13,17)(H,15,16). The first-order valence-electron chi connectivity index (χ1n) is 6.36. The molecule has 0 aromatic carbocycles. The Morgan fingerprint density at radius 2 is 2.22 bits per heavy atom. The molecule has 0 bridgehead atoms. The summed E-state index contributed by atoms with van der Waals surface area (Å²) in [6.07, 6.45) is 2.38. The van der Waals surface area contributed by atoms with Crippen LogP contribution in [0.3, 0.4) is 0 Å². The largest absolute Gasteiger partial charge is 0.480 e. The Labute approximate surface area is 107 Å². The van der Waals surface area contributed by atoms with Crippen LogP contribution < -0.4 is 5.32 Å². The molecule has 1 saturated heterocycles. The third-order valence-corrected chi connectivity index (χ3v) is 3.42. The lowest BCUT2D eigenvalue weighted by atomic mass is 9.89. The minimum atomic E-state index is -0.921. The van der Waals surface area contributed by atoms with E-state index in [0.29, 0.717) is 32.0 Å². The summed E-state index contributed by atoms with van der Waals surface area (Å²) >= 11 is 0. The van der Waals surface area contributed by atoms with Gasteiger partial charge in [0.1, 0.15) is 6.04 Å². The Hall–Kier alpha value is -1.30. The zero-order valence-corrected chi connectivity index (χ0v) is 11.0. The summed E-state index contributed by atoms with van der Waals surface area (Å²) in [5.41, 5.74) is 0. The Morgan fingerprint density at radius 3 is 2.78 bits per heavy atom. The lowest BCUT2D eigenvalue weighted by molar-refractivity contribution is -0.144. The molecule has 6 heteroatoms. The molecular formula is C12H22N2O4. The van der Waals surface area contributed by atoms with E-state index in [1.807, 2.05) is 0 Å². The molecule has 104 valence electrons. The van der Waals surface area contributed by atoms with Crippen LogP contribution in [0.15, 0.2) is 0 Å². The fraction of sp³-hybridized carbons (Fsp3) is 0.833. The third-order valence-electron chi connectivity index (χ3n) is 3.42. The van der Waals surface area contributed by atoms with E-state index in [4.69, 9.17) is 4.74 Å². The van der Waals surface area contributed by atoms with Gasteiger partial charge in [-0.3, -0.25) is 0 Å². The second kappa shape index (κ2) is 7.20. The zero-order chi connectivity index (χ0) is 13.5. The fourth-order valence-electron chi connectivity index (χ4n) is 2.25. The minimum absolute atomic E-state index is 0.311. The molecule has 0 radical (unpaired) electrons. The van der Waals surface area contributed by atoms with Gasteiger partial charge in [-0.25, -0.2) is 9.59 Å². The van der Waals surface area contributed by atoms with Crippen molar-refractivity contribution in [2.24, 2.45) is 5.92 Å². The maximum atomic E-state index is 11.9. The molecule has 2 N–H and O–H groups in total. The van der Waals surface area contributed by atoms with Gasteiger partial charge in [-0.1, -0.05) is 13.3 Å². The van der Waals surface area contributed by atoms with Crippen molar-refractivity contribution < 1.29 is 19.4 Å². The Kier molecular flexibility index (Phi) is 5.91. The highest BCUT2D eigenvalue weighted by molar-refractivity contribution is 5.82. The van der Waals surface area contributed by atoms with Crippen LogP contribution in [-0.4, -0.2) is 54.9 Å². The number of likely N-dealkylation sites (tertiary alicyclic amines) is 1. The van der Waals surface area contributed by atoms with Crippen molar-refractivity contribution in [3.8, 4) is 0 Å². The number of hydrogen-bond acceptors (Lipinski definition) is 3. The number of rotatable bonds is 5. The summed E-state index contributed by atoms with van der Waals surface area (Å²) in [5, 5.41) is 11.9. The first-order chi connectivity index (χ1) is 8.60. The van der Waals surface area contributed by atoms with Gasteiger partial charge in [-0.15, -0.1) is 0 Å². The van der Waals surface area contributed by atoms with Crippen molar-refractivity contribution in [2.45, 2.75) is 32.2 Å². The van der Waals surface area contributed by atoms with E-state index in [0.717, 1.165) is 12.8 Å². The van der Waals surface area contributed by atoms with E-state index < -0.39 is 12.0 Å². The Balaban J connectivity index is 2.56. The molecule has 2 amide bonds. The normalized spacial score (nSPS) is 23.8. The number of nitrogens with one attached hydrogen (secondary N) is 1. The van der Waals surface area contributed by atoms with Crippen LogP contribution in [0.1, 0.15) is 26.2 Å². The number of methoxy groups -OCH3 is 1. The van der Waals surface area contributed by atoms with E-state index in [9.17, 15) is 14.7 Å². The third kappa shape index (κ3) is 3.87. The van der Waals surface area contributed by atoms with Gasteiger partial charge >= 0.3 is 12.0 Å². The summed E-state index contributed by atoms with van der Waals surface area (Å²) in [4.78, 5) is 24.5. The topological polar surface area (TPSA) is 78.9 Å². The van der Waals surface area contributed by atoms with Crippen LogP contribution in [-0.2, 0) is 9.53 Å². The van der Waals surface area contributed by atoms with E-state index in [-0.39, 0.29) is 6.03 Å². The molecule has 1 fully saturated rings. The fourth-order valence-corrected chi connectivity index (χ4v) is 2.25. The monoisotopic (exact) mass is 258 g/mol. The molecule has 1 aliphatic rings. The second-order valence-corrected chi connectivity index (χ2v) is 4.57. The van der Waals surface area contributed by atoms with Crippen LogP contribution in [0, 0.1) is 5.92 Å². The van der Waals surface area contributed by atoms with Crippen LogP contribution in [0.25, 0.3) is 0 Å². The SMILES string of the molecule is CCC1CCN(C(=O)NCCOC)C(C(=O)O)C1. The van der Waals surface area contributed by atoms with Crippen molar-refractivity contribution in [1.82, 2.24) is 10.2 Å². The van der Waals surface area contributed by atoms with Gasteiger partial charge < -0.3 is 20.1 Å². The maximum absolute atomic E-state index is 11.9. The number of carboxylic acids is 1. The van der Waals surface area contributed by atoms with Crippen LogP contribution in [0.2, 0.25) is 0 Å². The van der Waals surface area contributed by atoms with Crippen LogP contribution in [0.4, 0.5) is 4.79 Å². The molecule has 18 heavy (non-hydrogen) atoms. The molecule has 0 spiro atoms. The number of amides is 2. The van der Waals surface area contributed by atoms with Crippen molar-refractivity contribution in [3.63, 3.8) is 0 Å². The van der Waals surface area contributed by atoms with E-state index in [1.54, 1.807) is 7.11 Å². The maximum Gasteiger partial charge on any atom is 0.326 e. The molecular weight excluding hydrogens is 236 g/mol. The lowest BCUT2D eigenvalue weighted by Gasteiger charge is -2.36. The Morgan fingerprint density at radius 1 is 1.50 bits per heavy atom. The summed E-state index contributed by atoms with van der Waals surface area (Å²) in [7, 11) is 1.55. The number of carbonyl (C=O) groups excluding carboxylic acids is 1. The number of aliphatic carboxylic acids is 1. The van der Waals surface area contributed by atoms with E-state index in [2.05, 4.69) is 12.2 Å². The number of carbonyl (C=O) groups is 2. The van der Waals surface area contributed by atoms with E-state index in [1.165, 1.54) is 4.90 Å². The highest BCUT2D eigenvalue weighted by Crippen LogP contribution is 2.25. The Bertz CT molecular complexity index is 296. The average Bonchev–Trinajstić information content (AvgIpc) is 2.38. The number of ether oxygens (including phenoxy) is 1. The number of piperidine rings is 1. The quantitative estimate of drug-likeness (QED) is 0.719. The van der Waals surface area contributed by atoms with Crippen LogP contribution >= 0.6 is 0 Å². The summed E-state index contributed by atoms with van der Waals surface area (Å²) in [5.74, 6) is -0.524. The average molecular weight is 258 g/mol. The van der Waals surface area contributed by atoms with Gasteiger partial charge in [0, 0.05) is 20.2 Å². The molecule has 1 rings (SSSR count). The molecule has 0 aromatic rings. The minimum Gasteiger partial charge on any atom is -0.480 e. The molecule has 0 aromatic heterocycles. The molecule has 1 aliphatic heterocycles. The van der Waals surface area contributed by atoms with Crippen molar-refractivity contribution in [2.75, 3.05) is 26.8 Å². The molecule has 1 heterocycles. The molecule has 0 saturated carbocycles. The summed E-state index contributed by atoms with van der Waals surface area (Å²) in [6.45, 7) is 3.39. The van der Waals surface area contributed by atoms with E-state index >= 15 is 0 Å². The number of carboxylic acid groups (broad SMARTS) is 1. The van der Waals surface area contributed by atoms with Crippen molar-refractivity contribution in [3.05, 3.63) is 0 Å². The zero-order valence-electron chi connectivity index (χ0n) is 11.0. The highest BCUT2D eigenvalue weighted by atomic mass is 16.5. The lowest BCUT2D eigenvalue weighted by Crippen LogP contribution is -2.53. The smallest absolute Gasteiger partial charge is 0.326 e. The van der Waals surface area contributed by atoms with Gasteiger partial charge in [0.25, 0.3) is 0 Å². The van der Waals surface area contributed by atoms with Gasteiger partial charge in [-0.05, 0) is 18.8 Å². The molecule has 6 nitrogen and oxygen atoms in total. The predicted molar refractivity (Wildman–Crippen MR) is 66.4 cm³/mol. The van der Waals surface area contributed by atoms with Gasteiger partial charge in [0.2, 0.25) is 0 Å². The second-order valence-electron chi connectivity index (χ2n) is 4.57.